The predicted octanol–water partition coefficient (Wildman–Crippen LogP) is 4.04. The summed E-state index contributed by atoms with van der Waals surface area (Å²) >= 11 is 0. The predicted molar refractivity (Wildman–Crippen MR) is 91.3 cm³/mol. The van der Waals surface area contributed by atoms with Crippen molar-refractivity contribution >= 4 is 0 Å². The van der Waals surface area contributed by atoms with Gasteiger partial charge in [0.1, 0.15) is 11.5 Å². The van der Waals surface area contributed by atoms with Crippen molar-refractivity contribution in [2.75, 3.05) is 27.4 Å². The van der Waals surface area contributed by atoms with E-state index < -0.39 is 0 Å². The average molecular weight is 310 g/mol. The first-order chi connectivity index (χ1) is 11.2. The number of rotatable bonds is 5. The van der Waals surface area contributed by atoms with Crippen LogP contribution in [0.4, 0.5) is 0 Å². The molecule has 3 nitrogen and oxygen atoms in total. The molecule has 0 aromatic heterocycles. The second kappa shape index (κ2) is 6.88. The number of hydrogen-bond acceptors (Lipinski definition) is 3. The fourth-order valence-electron chi connectivity index (χ4n) is 3.24. The van der Waals surface area contributed by atoms with Crippen molar-refractivity contribution in [3.8, 4) is 11.5 Å². The Hall–Kier alpha value is -2.26. The maximum absolute atomic E-state index is 5.65. The molecule has 0 spiro atoms. The van der Waals surface area contributed by atoms with Gasteiger partial charge in [-0.15, -0.1) is 0 Å². The molecule has 0 N–H and O–H groups in total. The molecule has 1 saturated heterocycles. The summed E-state index contributed by atoms with van der Waals surface area (Å²) in [5, 5.41) is 0. The average Bonchev–Trinajstić information content (AvgIpc) is 3.02. The molecule has 1 aliphatic rings. The molecule has 0 unspecified atom stereocenters. The van der Waals surface area contributed by atoms with Gasteiger partial charge in [-0.3, -0.25) is 0 Å². The zero-order valence-electron chi connectivity index (χ0n) is 13.6. The van der Waals surface area contributed by atoms with E-state index in [9.17, 15) is 0 Å². The van der Waals surface area contributed by atoms with E-state index in [-0.39, 0.29) is 11.8 Å². The molecule has 0 bridgehead atoms. The third kappa shape index (κ3) is 3.10. The molecule has 1 aliphatic heterocycles. The molecule has 1 fully saturated rings. The fraction of sp³-hybridized carbons (Fsp3) is 0.300. The lowest BCUT2D eigenvalue weighted by molar-refractivity contribution is 0.184. The van der Waals surface area contributed by atoms with Gasteiger partial charge >= 0.3 is 0 Å². The van der Waals surface area contributed by atoms with Crippen molar-refractivity contribution in [3.63, 3.8) is 0 Å². The number of benzene rings is 2. The lowest BCUT2D eigenvalue weighted by atomic mass is 9.78. The summed E-state index contributed by atoms with van der Waals surface area (Å²) in [5.74, 6) is 2.03. The fourth-order valence-corrected chi connectivity index (χ4v) is 3.24. The molecule has 3 heteroatoms. The summed E-state index contributed by atoms with van der Waals surface area (Å²) in [5.41, 5.74) is 3.51. The second-order valence-corrected chi connectivity index (χ2v) is 5.78. The van der Waals surface area contributed by atoms with E-state index >= 15 is 0 Å². The topological polar surface area (TPSA) is 27.7 Å². The van der Waals surface area contributed by atoms with Crippen LogP contribution in [0, 0.1) is 5.92 Å². The van der Waals surface area contributed by atoms with E-state index in [2.05, 4.69) is 36.9 Å². The molecular weight excluding hydrogens is 288 g/mol. The lowest BCUT2D eigenvalue weighted by Crippen LogP contribution is -2.17. The minimum Gasteiger partial charge on any atom is -0.497 e. The highest BCUT2D eigenvalue weighted by Crippen LogP contribution is 2.43. The zero-order valence-corrected chi connectivity index (χ0v) is 13.6. The van der Waals surface area contributed by atoms with Gasteiger partial charge in [-0.1, -0.05) is 43.0 Å². The monoisotopic (exact) mass is 310 g/mol. The van der Waals surface area contributed by atoms with E-state index in [1.807, 2.05) is 18.2 Å². The van der Waals surface area contributed by atoms with Gasteiger partial charge in [-0.2, -0.15) is 0 Å². The third-order valence-electron chi connectivity index (χ3n) is 4.45. The standard InChI is InChI=1S/C20H22O3/c1-14-12-23-13-18(14)20(15-7-5-4-6-8-15)17-10-9-16(21-2)11-19(17)22-3/h4-11,18,20H,1,12-13H2,2-3H3/t18-,20+/m0/s1. The van der Waals surface area contributed by atoms with E-state index in [1.165, 1.54) is 5.56 Å². The Morgan fingerprint density at radius 1 is 1.09 bits per heavy atom. The van der Waals surface area contributed by atoms with Crippen LogP contribution in [0.2, 0.25) is 0 Å². The van der Waals surface area contributed by atoms with Crippen molar-refractivity contribution in [3.05, 3.63) is 71.8 Å². The van der Waals surface area contributed by atoms with Crippen molar-refractivity contribution in [1.29, 1.82) is 0 Å². The van der Waals surface area contributed by atoms with Crippen molar-refractivity contribution in [2.45, 2.75) is 5.92 Å². The Kier molecular flexibility index (Phi) is 4.68. The molecule has 3 rings (SSSR count). The van der Waals surface area contributed by atoms with Crippen LogP contribution in [-0.4, -0.2) is 27.4 Å². The van der Waals surface area contributed by atoms with Crippen LogP contribution in [-0.2, 0) is 4.74 Å². The van der Waals surface area contributed by atoms with E-state index in [0.29, 0.717) is 13.2 Å². The molecule has 120 valence electrons. The molecular formula is C20H22O3. The highest BCUT2D eigenvalue weighted by molar-refractivity contribution is 5.48. The Morgan fingerprint density at radius 3 is 2.48 bits per heavy atom. The summed E-state index contributed by atoms with van der Waals surface area (Å²) < 4.78 is 16.6. The summed E-state index contributed by atoms with van der Waals surface area (Å²) in [7, 11) is 3.36. The maximum Gasteiger partial charge on any atom is 0.126 e. The SMILES string of the molecule is C=C1COC[C@@H]1[C@H](c1ccccc1)c1ccc(OC)cc1OC. The van der Waals surface area contributed by atoms with Gasteiger partial charge in [0, 0.05) is 23.5 Å². The van der Waals surface area contributed by atoms with Crippen LogP contribution in [0.25, 0.3) is 0 Å². The molecule has 1 heterocycles. The first kappa shape index (κ1) is 15.6. The summed E-state index contributed by atoms with van der Waals surface area (Å²) in [6.07, 6.45) is 0. The van der Waals surface area contributed by atoms with Crippen LogP contribution in [0.3, 0.4) is 0 Å². The van der Waals surface area contributed by atoms with Crippen LogP contribution >= 0.6 is 0 Å². The van der Waals surface area contributed by atoms with Crippen molar-refractivity contribution < 1.29 is 14.2 Å². The molecule has 0 radical (unpaired) electrons. The lowest BCUT2D eigenvalue weighted by Gasteiger charge is -2.26. The smallest absolute Gasteiger partial charge is 0.126 e. The van der Waals surface area contributed by atoms with Gasteiger partial charge in [0.05, 0.1) is 27.4 Å². The quantitative estimate of drug-likeness (QED) is 0.780. The van der Waals surface area contributed by atoms with Crippen LogP contribution < -0.4 is 9.47 Å². The number of ether oxygens (including phenoxy) is 3. The molecule has 2 atom stereocenters. The zero-order chi connectivity index (χ0) is 16.2. The Morgan fingerprint density at radius 2 is 1.87 bits per heavy atom. The highest BCUT2D eigenvalue weighted by Gasteiger charge is 2.33. The van der Waals surface area contributed by atoms with Gasteiger partial charge in [0.15, 0.2) is 0 Å². The first-order valence-corrected chi connectivity index (χ1v) is 7.77. The van der Waals surface area contributed by atoms with E-state index in [1.54, 1.807) is 14.2 Å². The second-order valence-electron chi connectivity index (χ2n) is 5.78. The van der Waals surface area contributed by atoms with E-state index in [4.69, 9.17) is 14.2 Å². The minimum absolute atomic E-state index is 0.159. The van der Waals surface area contributed by atoms with Crippen molar-refractivity contribution in [1.82, 2.24) is 0 Å². The summed E-state index contributed by atoms with van der Waals surface area (Å²) in [4.78, 5) is 0. The minimum atomic E-state index is 0.159. The molecule has 0 aliphatic carbocycles. The first-order valence-electron chi connectivity index (χ1n) is 7.77. The van der Waals surface area contributed by atoms with Gasteiger partial charge in [0.25, 0.3) is 0 Å². The molecule has 0 saturated carbocycles. The van der Waals surface area contributed by atoms with Crippen molar-refractivity contribution in [2.24, 2.45) is 5.92 Å². The Labute approximate surface area is 137 Å². The summed E-state index contributed by atoms with van der Waals surface area (Å²) in [6.45, 7) is 5.53. The van der Waals surface area contributed by atoms with E-state index in [0.717, 1.165) is 22.6 Å². The van der Waals surface area contributed by atoms with Crippen LogP contribution in [0.5, 0.6) is 11.5 Å². The van der Waals surface area contributed by atoms with Crippen LogP contribution in [0.15, 0.2) is 60.7 Å². The van der Waals surface area contributed by atoms with Gasteiger partial charge < -0.3 is 14.2 Å². The largest absolute Gasteiger partial charge is 0.497 e. The molecule has 0 amide bonds. The molecule has 2 aromatic carbocycles. The Bertz CT molecular complexity index is 679. The number of hydrogen-bond donors (Lipinski definition) is 0. The Balaban J connectivity index is 2.10. The summed E-state index contributed by atoms with van der Waals surface area (Å²) in [6, 6.07) is 16.5. The molecule has 23 heavy (non-hydrogen) atoms. The highest BCUT2D eigenvalue weighted by atomic mass is 16.5. The van der Waals surface area contributed by atoms with Gasteiger partial charge in [-0.25, -0.2) is 0 Å². The van der Waals surface area contributed by atoms with Gasteiger partial charge in [-0.05, 0) is 17.2 Å². The number of methoxy groups -OCH3 is 2. The normalized spacial score (nSPS) is 18.7. The van der Waals surface area contributed by atoms with Gasteiger partial charge in [0.2, 0.25) is 0 Å². The molecule has 2 aromatic rings. The maximum atomic E-state index is 5.65. The van der Waals surface area contributed by atoms with Crippen LogP contribution in [0.1, 0.15) is 17.0 Å². The third-order valence-corrected chi connectivity index (χ3v) is 4.45.